The summed E-state index contributed by atoms with van der Waals surface area (Å²) in [4.78, 5) is 28.1. The molecule has 0 aliphatic heterocycles. The largest absolute Gasteiger partial charge is 0.468 e. The molecule has 0 aliphatic rings. The van der Waals surface area contributed by atoms with Crippen LogP contribution in [0.5, 0.6) is 0 Å². The third-order valence-corrected chi connectivity index (χ3v) is 2.31. The lowest BCUT2D eigenvalue weighted by Crippen LogP contribution is -2.08. The highest BCUT2D eigenvalue weighted by atomic mass is 16.5. The second kappa shape index (κ2) is 4.57. The van der Waals surface area contributed by atoms with E-state index in [0.717, 1.165) is 5.56 Å². The zero-order valence-corrected chi connectivity index (χ0v) is 8.47. The maximum absolute atomic E-state index is 11.5. The van der Waals surface area contributed by atoms with Crippen molar-refractivity contribution in [3.05, 3.63) is 40.4 Å². The first kappa shape index (κ1) is 10.4. The van der Waals surface area contributed by atoms with Crippen molar-refractivity contribution in [2.24, 2.45) is 0 Å². The van der Waals surface area contributed by atoms with Crippen LogP contribution in [0.3, 0.4) is 0 Å². The number of carbonyl (C=O) groups is 1. The quantitative estimate of drug-likeness (QED) is 0.603. The van der Waals surface area contributed by atoms with Crippen molar-refractivity contribution in [1.82, 2.24) is 9.97 Å². The molecule has 0 radical (unpaired) electrons. The topological polar surface area (TPSA) is 72.1 Å². The van der Waals surface area contributed by atoms with Crippen molar-refractivity contribution in [2.45, 2.75) is 6.42 Å². The van der Waals surface area contributed by atoms with Gasteiger partial charge in [0, 0.05) is 6.42 Å². The van der Waals surface area contributed by atoms with E-state index in [1.165, 1.54) is 6.33 Å². The Kier molecular flexibility index (Phi) is 2.95. The molecule has 0 bridgehead atoms. The lowest BCUT2D eigenvalue weighted by molar-refractivity contribution is -0.128. The Bertz CT molecular complexity index is 562. The molecular weight excluding hydrogens is 208 g/mol. The van der Waals surface area contributed by atoms with Gasteiger partial charge in [-0.1, -0.05) is 12.1 Å². The molecule has 0 spiro atoms. The second-order valence-corrected chi connectivity index (χ2v) is 3.26. The van der Waals surface area contributed by atoms with Crippen LogP contribution in [-0.4, -0.2) is 23.0 Å². The van der Waals surface area contributed by atoms with Crippen LogP contribution in [0.15, 0.2) is 29.3 Å². The van der Waals surface area contributed by atoms with Crippen LogP contribution in [0.1, 0.15) is 5.56 Å². The van der Waals surface area contributed by atoms with Crippen molar-refractivity contribution in [1.29, 1.82) is 0 Å². The molecule has 2 aromatic rings. The lowest BCUT2D eigenvalue weighted by atomic mass is 10.1. The molecule has 1 aromatic carbocycles. The zero-order chi connectivity index (χ0) is 11.4. The van der Waals surface area contributed by atoms with Crippen molar-refractivity contribution < 1.29 is 9.53 Å². The van der Waals surface area contributed by atoms with Gasteiger partial charge in [0.15, 0.2) is 0 Å². The van der Waals surface area contributed by atoms with Gasteiger partial charge in [-0.25, -0.2) is 4.98 Å². The Hall–Kier alpha value is -2.17. The maximum Gasteiger partial charge on any atom is 0.293 e. The zero-order valence-electron chi connectivity index (χ0n) is 8.47. The minimum atomic E-state index is -0.164. The number of fused-ring (bicyclic) bond motifs is 1. The smallest absolute Gasteiger partial charge is 0.293 e. The van der Waals surface area contributed by atoms with Gasteiger partial charge in [0.25, 0.3) is 12.0 Å². The summed E-state index contributed by atoms with van der Waals surface area (Å²) < 4.78 is 4.62. The first-order chi connectivity index (χ1) is 7.83. The van der Waals surface area contributed by atoms with Gasteiger partial charge in [-0.15, -0.1) is 0 Å². The van der Waals surface area contributed by atoms with Gasteiger partial charge in [-0.3, -0.25) is 9.59 Å². The fourth-order valence-corrected chi connectivity index (χ4v) is 1.58. The molecule has 0 fully saturated rings. The number of aromatic amines is 1. The van der Waals surface area contributed by atoms with Crippen LogP contribution in [0.2, 0.25) is 0 Å². The predicted molar refractivity (Wildman–Crippen MR) is 58.1 cm³/mol. The van der Waals surface area contributed by atoms with Crippen LogP contribution >= 0.6 is 0 Å². The molecule has 1 heterocycles. The van der Waals surface area contributed by atoms with Crippen LogP contribution in [0, 0.1) is 0 Å². The molecular formula is C11H10N2O3. The highest BCUT2D eigenvalue weighted by molar-refractivity contribution is 5.80. The summed E-state index contributed by atoms with van der Waals surface area (Å²) in [6.45, 7) is 0.697. The lowest BCUT2D eigenvalue weighted by Gasteiger charge is -2.03. The van der Waals surface area contributed by atoms with Gasteiger partial charge in [0.05, 0.1) is 23.8 Å². The SMILES string of the molecule is O=COCCc1cccc2c(=O)[nH]cnc12. The predicted octanol–water partition coefficient (Wildman–Crippen LogP) is 0.639. The van der Waals surface area contributed by atoms with Gasteiger partial charge < -0.3 is 9.72 Å². The fraction of sp³-hybridized carbons (Fsp3) is 0.182. The number of ether oxygens (including phenoxy) is 1. The monoisotopic (exact) mass is 218 g/mol. The molecule has 82 valence electrons. The van der Waals surface area contributed by atoms with E-state index >= 15 is 0 Å². The normalized spacial score (nSPS) is 10.2. The molecule has 16 heavy (non-hydrogen) atoms. The Morgan fingerprint density at radius 2 is 2.31 bits per heavy atom. The number of hydrogen-bond donors (Lipinski definition) is 1. The van der Waals surface area contributed by atoms with E-state index in [-0.39, 0.29) is 12.2 Å². The number of hydrogen-bond acceptors (Lipinski definition) is 4. The standard InChI is InChI=1S/C11H10N2O3/c14-7-16-5-4-8-2-1-3-9-10(8)12-6-13-11(9)15/h1-3,6-7H,4-5H2,(H,12,13,15). The summed E-state index contributed by atoms with van der Waals surface area (Å²) in [5.74, 6) is 0. The number of nitrogens with one attached hydrogen (secondary N) is 1. The third kappa shape index (κ3) is 1.93. The number of para-hydroxylation sites is 1. The van der Waals surface area contributed by atoms with Crippen molar-refractivity contribution in [2.75, 3.05) is 6.61 Å². The number of rotatable bonds is 4. The Morgan fingerprint density at radius 3 is 3.12 bits per heavy atom. The Balaban J connectivity index is 2.42. The maximum atomic E-state index is 11.5. The number of carbonyl (C=O) groups excluding carboxylic acids is 1. The van der Waals surface area contributed by atoms with Crippen LogP contribution in [0.4, 0.5) is 0 Å². The van der Waals surface area contributed by atoms with Gasteiger partial charge in [-0.2, -0.15) is 0 Å². The molecule has 0 saturated heterocycles. The Morgan fingerprint density at radius 1 is 1.44 bits per heavy atom. The van der Waals surface area contributed by atoms with Crippen LogP contribution in [0.25, 0.3) is 10.9 Å². The van der Waals surface area contributed by atoms with Gasteiger partial charge in [0.2, 0.25) is 0 Å². The molecule has 5 heteroatoms. The summed E-state index contributed by atoms with van der Waals surface area (Å²) in [6, 6.07) is 5.36. The molecule has 0 saturated carbocycles. The summed E-state index contributed by atoms with van der Waals surface area (Å²) in [5, 5.41) is 0.547. The molecule has 0 amide bonds. The van der Waals surface area contributed by atoms with Crippen molar-refractivity contribution in [3.63, 3.8) is 0 Å². The number of aromatic nitrogens is 2. The van der Waals surface area contributed by atoms with E-state index in [4.69, 9.17) is 0 Å². The first-order valence-corrected chi connectivity index (χ1v) is 4.83. The molecule has 5 nitrogen and oxygen atoms in total. The average Bonchev–Trinajstić information content (AvgIpc) is 2.31. The summed E-state index contributed by atoms with van der Waals surface area (Å²) in [6.07, 6.45) is 1.92. The Labute approximate surface area is 91.1 Å². The van der Waals surface area contributed by atoms with E-state index in [0.29, 0.717) is 23.8 Å². The number of H-pyrrole nitrogens is 1. The van der Waals surface area contributed by atoms with E-state index < -0.39 is 0 Å². The van der Waals surface area contributed by atoms with E-state index in [9.17, 15) is 9.59 Å². The molecule has 1 aromatic heterocycles. The first-order valence-electron chi connectivity index (χ1n) is 4.83. The molecule has 0 atom stereocenters. The second-order valence-electron chi connectivity index (χ2n) is 3.26. The van der Waals surface area contributed by atoms with E-state index in [1.807, 2.05) is 6.07 Å². The summed E-state index contributed by atoms with van der Waals surface area (Å²) >= 11 is 0. The number of nitrogens with zero attached hydrogens (tertiary/aromatic N) is 1. The summed E-state index contributed by atoms with van der Waals surface area (Å²) in [5.41, 5.74) is 1.38. The molecule has 1 N–H and O–H groups in total. The van der Waals surface area contributed by atoms with E-state index in [2.05, 4.69) is 14.7 Å². The van der Waals surface area contributed by atoms with Crippen molar-refractivity contribution >= 4 is 17.4 Å². The highest BCUT2D eigenvalue weighted by Crippen LogP contribution is 2.12. The average molecular weight is 218 g/mol. The van der Waals surface area contributed by atoms with Crippen LogP contribution in [-0.2, 0) is 16.0 Å². The van der Waals surface area contributed by atoms with Gasteiger partial charge >= 0.3 is 0 Å². The van der Waals surface area contributed by atoms with Crippen molar-refractivity contribution in [3.8, 4) is 0 Å². The molecule has 2 rings (SSSR count). The number of benzene rings is 1. The van der Waals surface area contributed by atoms with E-state index in [1.54, 1.807) is 12.1 Å². The fourth-order valence-electron chi connectivity index (χ4n) is 1.58. The molecule has 0 aliphatic carbocycles. The van der Waals surface area contributed by atoms with Gasteiger partial charge in [0.1, 0.15) is 0 Å². The minimum absolute atomic E-state index is 0.164. The summed E-state index contributed by atoms with van der Waals surface area (Å²) in [7, 11) is 0. The molecule has 0 unspecified atom stereocenters. The minimum Gasteiger partial charge on any atom is -0.468 e. The third-order valence-electron chi connectivity index (χ3n) is 2.31. The van der Waals surface area contributed by atoms with Crippen LogP contribution < -0.4 is 5.56 Å². The van der Waals surface area contributed by atoms with Gasteiger partial charge in [-0.05, 0) is 11.6 Å². The highest BCUT2D eigenvalue weighted by Gasteiger charge is 2.04.